The minimum absolute atomic E-state index is 0.269. The summed E-state index contributed by atoms with van der Waals surface area (Å²) < 4.78 is 4.78. The smallest absolute Gasteiger partial charge is 0.339 e. The molecule has 0 bridgehead atoms. The first kappa shape index (κ1) is 11.2. The van der Waals surface area contributed by atoms with Crippen LogP contribution in [-0.4, -0.2) is 30.5 Å². The lowest BCUT2D eigenvalue weighted by atomic mass is 10.2. The lowest BCUT2D eigenvalue weighted by Crippen LogP contribution is -2.19. The Morgan fingerprint density at radius 3 is 2.67 bits per heavy atom. The number of nitrogens with one attached hydrogen (secondary N) is 1. The second-order valence-electron chi connectivity index (χ2n) is 2.73. The van der Waals surface area contributed by atoms with Crippen LogP contribution in [0.1, 0.15) is 27.8 Å². The quantitative estimate of drug-likeness (QED) is 0.739. The van der Waals surface area contributed by atoms with E-state index in [0.717, 1.165) is 0 Å². The highest BCUT2D eigenvalue weighted by Crippen LogP contribution is 2.02. The number of carbonyl (C=O) groups is 2. The highest BCUT2D eigenvalue weighted by Gasteiger charge is 2.09. The van der Waals surface area contributed by atoms with Crippen LogP contribution < -0.4 is 5.32 Å². The van der Waals surface area contributed by atoms with Gasteiger partial charge in [-0.3, -0.25) is 9.78 Å². The molecule has 0 radical (unpaired) electrons. The van der Waals surface area contributed by atoms with Crippen molar-refractivity contribution < 1.29 is 14.3 Å². The zero-order chi connectivity index (χ0) is 11.3. The fourth-order valence-electron chi connectivity index (χ4n) is 0.991. The summed E-state index contributed by atoms with van der Waals surface area (Å²) in [6.07, 6.45) is 1.32. The predicted molar refractivity (Wildman–Crippen MR) is 53.6 cm³/mol. The molecule has 1 aromatic rings. The minimum atomic E-state index is -0.437. The number of ether oxygens (including phenoxy) is 1. The molecular formula is C10H12N2O3. The van der Waals surface area contributed by atoms with Crippen LogP contribution in [0, 0.1) is 0 Å². The number of hydrogen-bond acceptors (Lipinski definition) is 4. The van der Waals surface area contributed by atoms with Crippen molar-refractivity contribution in [2.75, 3.05) is 13.7 Å². The van der Waals surface area contributed by atoms with Gasteiger partial charge in [-0.05, 0) is 19.1 Å². The molecule has 1 heterocycles. The molecule has 1 aromatic heterocycles. The van der Waals surface area contributed by atoms with Crippen LogP contribution >= 0.6 is 0 Å². The topological polar surface area (TPSA) is 68.3 Å². The third-order valence-electron chi connectivity index (χ3n) is 1.73. The Morgan fingerprint density at radius 2 is 2.20 bits per heavy atom. The second-order valence-corrected chi connectivity index (χ2v) is 2.73. The largest absolute Gasteiger partial charge is 0.462 e. The van der Waals surface area contributed by atoms with Gasteiger partial charge in [-0.25, -0.2) is 4.79 Å². The number of pyridine rings is 1. The summed E-state index contributed by atoms with van der Waals surface area (Å²) in [7, 11) is 1.52. The van der Waals surface area contributed by atoms with Crippen molar-refractivity contribution in [1.82, 2.24) is 10.3 Å². The highest BCUT2D eigenvalue weighted by molar-refractivity contribution is 5.93. The van der Waals surface area contributed by atoms with Crippen molar-refractivity contribution in [3.63, 3.8) is 0 Å². The van der Waals surface area contributed by atoms with Gasteiger partial charge in [-0.15, -0.1) is 0 Å². The minimum Gasteiger partial charge on any atom is -0.462 e. The number of hydrogen-bond donors (Lipinski definition) is 1. The van der Waals surface area contributed by atoms with E-state index in [4.69, 9.17) is 4.74 Å². The number of rotatable bonds is 3. The Balaban J connectivity index is 2.80. The predicted octanol–water partition coefficient (Wildman–Crippen LogP) is 0.618. The van der Waals surface area contributed by atoms with Crippen molar-refractivity contribution >= 4 is 11.9 Å². The molecule has 0 aliphatic carbocycles. The Kier molecular flexibility index (Phi) is 3.79. The molecule has 0 spiro atoms. The SMILES string of the molecule is CCOC(=O)c1ccc(C(=O)NC)nc1. The summed E-state index contributed by atoms with van der Waals surface area (Å²) in [4.78, 5) is 26.2. The van der Waals surface area contributed by atoms with Crippen molar-refractivity contribution in [3.8, 4) is 0 Å². The van der Waals surface area contributed by atoms with Crippen molar-refractivity contribution in [2.24, 2.45) is 0 Å². The van der Waals surface area contributed by atoms with Gasteiger partial charge in [-0.2, -0.15) is 0 Å². The summed E-state index contributed by atoms with van der Waals surface area (Å²) in [5.74, 6) is -0.723. The van der Waals surface area contributed by atoms with Gasteiger partial charge < -0.3 is 10.1 Å². The van der Waals surface area contributed by atoms with Gasteiger partial charge in [0.05, 0.1) is 12.2 Å². The maximum atomic E-state index is 11.2. The van der Waals surface area contributed by atoms with E-state index in [9.17, 15) is 9.59 Å². The molecule has 1 N–H and O–H groups in total. The Bertz CT molecular complexity index is 359. The average Bonchev–Trinajstić information content (AvgIpc) is 2.28. The standard InChI is InChI=1S/C10H12N2O3/c1-3-15-10(14)7-4-5-8(12-6-7)9(13)11-2/h4-6H,3H2,1-2H3,(H,11,13). The summed E-state index contributed by atoms with van der Waals surface area (Å²) >= 11 is 0. The number of nitrogens with zero attached hydrogens (tertiary/aromatic N) is 1. The van der Waals surface area contributed by atoms with Crippen LogP contribution in [0.3, 0.4) is 0 Å². The van der Waals surface area contributed by atoms with Gasteiger partial charge in [0.25, 0.3) is 5.91 Å². The number of carbonyl (C=O) groups excluding carboxylic acids is 2. The first-order valence-electron chi connectivity index (χ1n) is 4.54. The van der Waals surface area contributed by atoms with E-state index in [1.807, 2.05) is 0 Å². The van der Waals surface area contributed by atoms with Gasteiger partial charge in [0.1, 0.15) is 5.69 Å². The molecule has 0 aliphatic rings. The zero-order valence-electron chi connectivity index (χ0n) is 8.61. The monoisotopic (exact) mass is 208 g/mol. The molecule has 15 heavy (non-hydrogen) atoms. The third kappa shape index (κ3) is 2.77. The molecule has 80 valence electrons. The first-order chi connectivity index (χ1) is 7.19. The molecule has 0 atom stereocenters. The zero-order valence-corrected chi connectivity index (χ0v) is 8.61. The van der Waals surface area contributed by atoms with Crippen LogP contribution in [0.25, 0.3) is 0 Å². The second kappa shape index (κ2) is 5.09. The lowest BCUT2D eigenvalue weighted by molar-refractivity contribution is 0.0525. The Hall–Kier alpha value is -1.91. The molecule has 0 unspecified atom stereocenters. The van der Waals surface area contributed by atoms with Gasteiger partial charge in [-0.1, -0.05) is 0 Å². The molecule has 1 rings (SSSR count). The summed E-state index contributed by atoms with van der Waals surface area (Å²) in [6, 6.07) is 2.99. The van der Waals surface area contributed by atoms with Crippen LogP contribution in [-0.2, 0) is 4.74 Å². The van der Waals surface area contributed by atoms with Crippen LogP contribution in [0.4, 0.5) is 0 Å². The van der Waals surface area contributed by atoms with E-state index in [1.165, 1.54) is 25.4 Å². The Labute approximate surface area is 87.5 Å². The molecule has 5 heteroatoms. The third-order valence-corrected chi connectivity index (χ3v) is 1.73. The van der Waals surface area contributed by atoms with Crippen LogP contribution in [0.5, 0.6) is 0 Å². The fraction of sp³-hybridized carbons (Fsp3) is 0.300. The van der Waals surface area contributed by atoms with Crippen LogP contribution in [0.2, 0.25) is 0 Å². The van der Waals surface area contributed by atoms with E-state index >= 15 is 0 Å². The molecule has 5 nitrogen and oxygen atoms in total. The fourth-order valence-corrected chi connectivity index (χ4v) is 0.991. The molecule has 1 amide bonds. The van der Waals surface area contributed by atoms with Gasteiger partial charge in [0.2, 0.25) is 0 Å². The van der Waals surface area contributed by atoms with E-state index < -0.39 is 5.97 Å². The number of amides is 1. The van der Waals surface area contributed by atoms with Crippen molar-refractivity contribution in [1.29, 1.82) is 0 Å². The Morgan fingerprint density at radius 1 is 1.47 bits per heavy atom. The van der Waals surface area contributed by atoms with Gasteiger partial charge in [0, 0.05) is 13.2 Å². The summed E-state index contributed by atoms with van der Waals surface area (Å²) in [6.45, 7) is 2.04. The molecule has 0 aliphatic heterocycles. The number of esters is 1. The normalized spacial score (nSPS) is 9.47. The average molecular weight is 208 g/mol. The summed E-state index contributed by atoms with van der Waals surface area (Å²) in [5, 5.41) is 2.44. The molecule has 0 fully saturated rings. The number of aromatic nitrogens is 1. The summed E-state index contributed by atoms with van der Waals surface area (Å²) in [5.41, 5.74) is 0.607. The molecule has 0 aromatic carbocycles. The maximum Gasteiger partial charge on any atom is 0.339 e. The van der Waals surface area contributed by atoms with E-state index in [-0.39, 0.29) is 11.6 Å². The first-order valence-corrected chi connectivity index (χ1v) is 4.54. The van der Waals surface area contributed by atoms with Gasteiger partial charge >= 0.3 is 5.97 Å². The van der Waals surface area contributed by atoms with Crippen LogP contribution in [0.15, 0.2) is 18.3 Å². The molecule has 0 saturated carbocycles. The van der Waals surface area contributed by atoms with Crippen molar-refractivity contribution in [3.05, 3.63) is 29.6 Å². The van der Waals surface area contributed by atoms with E-state index in [0.29, 0.717) is 12.2 Å². The lowest BCUT2D eigenvalue weighted by Gasteiger charge is -2.02. The van der Waals surface area contributed by atoms with E-state index in [1.54, 1.807) is 6.92 Å². The molecular weight excluding hydrogens is 196 g/mol. The van der Waals surface area contributed by atoms with E-state index in [2.05, 4.69) is 10.3 Å². The molecule has 0 saturated heterocycles. The van der Waals surface area contributed by atoms with Gasteiger partial charge in [0.15, 0.2) is 0 Å². The highest BCUT2D eigenvalue weighted by atomic mass is 16.5. The van der Waals surface area contributed by atoms with Crippen molar-refractivity contribution in [2.45, 2.75) is 6.92 Å². The maximum absolute atomic E-state index is 11.2.